The second-order valence-corrected chi connectivity index (χ2v) is 7.51. The van der Waals surface area contributed by atoms with E-state index in [9.17, 15) is 4.79 Å². The molecular weight excluding hydrogens is 394 g/mol. The second-order valence-electron chi connectivity index (χ2n) is 6.16. The third kappa shape index (κ3) is 5.27. The van der Waals surface area contributed by atoms with Gasteiger partial charge < -0.3 is 15.2 Å². The van der Waals surface area contributed by atoms with Crippen LogP contribution in [0.4, 0.5) is 11.4 Å². The number of halogens is 1. The standard InChI is InChI=1S/C20H22ClN5OS/c1-3-26-18(12-22-16-10-9-14(2)17(21)11-16)24-25-20(26)28-13-19(27)23-15-7-5-4-6-8-15/h4-11,22H,3,12-13H2,1-2H3,(H,23,27). The number of rotatable bonds is 8. The molecule has 0 aliphatic rings. The number of amides is 1. The average Bonchev–Trinajstić information content (AvgIpc) is 3.10. The minimum Gasteiger partial charge on any atom is -0.378 e. The van der Waals surface area contributed by atoms with E-state index in [1.165, 1.54) is 11.8 Å². The van der Waals surface area contributed by atoms with Crippen molar-refractivity contribution < 1.29 is 4.79 Å². The molecule has 0 saturated heterocycles. The molecular formula is C20H22ClN5OS. The van der Waals surface area contributed by atoms with Gasteiger partial charge in [0.15, 0.2) is 11.0 Å². The molecule has 6 nitrogen and oxygen atoms in total. The Morgan fingerprint density at radius 2 is 1.93 bits per heavy atom. The van der Waals surface area contributed by atoms with Gasteiger partial charge in [-0.2, -0.15) is 0 Å². The number of nitrogens with zero attached hydrogens (tertiary/aromatic N) is 3. The largest absolute Gasteiger partial charge is 0.378 e. The summed E-state index contributed by atoms with van der Waals surface area (Å²) in [4.78, 5) is 12.1. The maximum absolute atomic E-state index is 12.1. The van der Waals surface area contributed by atoms with Gasteiger partial charge in [-0.25, -0.2) is 0 Å². The summed E-state index contributed by atoms with van der Waals surface area (Å²) in [6, 6.07) is 15.3. The molecule has 1 heterocycles. The number of hydrogen-bond donors (Lipinski definition) is 2. The Morgan fingerprint density at radius 1 is 1.14 bits per heavy atom. The van der Waals surface area contributed by atoms with E-state index in [4.69, 9.17) is 11.6 Å². The highest BCUT2D eigenvalue weighted by molar-refractivity contribution is 7.99. The lowest BCUT2D eigenvalue weighted by Gasteiger charge is -2.10. The molecule has 146 valence electrons. The minimum absolute atomic E-state index is 0.0733. The predicted molar refractivity (Wildman–Crippen MR) is 115 cm³/mol. The Bertz CT molecular complexity index is 945. The molecule has 0 radical (unpaired) electrons. The summed E-state index contributed by atoms with van der Waals surface area (Å²) in [5, 5.41) is 16.1. The van der Waals surface area contributed by atoms with Crippen LogP contribution < -0.4 is 10.6 Å². The number of carbonyl (C=O) groups is 1. The van der Waals surface area contributed by atoms with Crippen molar-refractivity contribution in [1.29, 1.82) is 0 Å². The molecule has 8 heteroatoms. The van der Waals surface area contributed by atoms with E-state index < -0.39 is 0 Å². The number of aromatic nitrogens is 3. The van der Waals surface area contributed by atoms with E-state index in [1.54, 1.807) is 0 Å². The normalized spacial score (nSPS) is 10.7. The van der Waals surface area contributed by atoms with Crippen LogP contribution in [-0.2, 0) is 17.9 Å². The number of anilines is 2. The molecule has 0 fully saturated rings. The van der Waals surface area contributed by atoms with Crippen molar-refractivity contribution in [2.45, 2.75) is 32.1 Å². The zero-order valence-corrected chi connectivity index (χ0v) is 17.3. The van der Waals surface area contributed by atoms with Crippen molar-refractivity contribution in [3.8, 4) is 0 Å². The van der Waals surface area contributed by atoms with Gasteiger partial charge in [0, 0.05) is 22.9 Å². The van der Waals surface area contributed by atoms with E-state index in [0.29, 0.717) is 6.54 Å². The Kier molecular flexibility index (Phi) is 6.95. The number of nitrogens with one attached hydrogen (secondary N) is 2. The second kappa shape index (κ2) is 9.61. The van der Waals surface area contributed by atoms with Crippen LogP contribution in [0.5, 0.6) is 0 Å². The third-order valence-electron chi connectivity index (χ3n) is 4.12. The topological polar surface area (TPSA) is 71.8 Å². The molecule has 0 aliphatic heterocycles. The zero-order valence-electron chi connectivity index (χ0n) is 15.8. The molecule has 1 aromatic heterocycles. The van der Waals surface area contributed by atoms with Crippen molar-refractivity contribution in [1.82, 2.24) is 14.8 Å². The molecule has 3 rings (SSSR count). The summed E-state index contributed by atoms with van der Waals surface area (Å²) in [7, 11) is 0. The number of carbonyl (C=O) groups excluding carboxylic acids is 1. The number of hydrogen-bond acceptors (Lipinski definition) is 5. The number of benzene rings is 2. The lowest BCUT2D eigenvalue weighted by atomic mass is 10.2. The SMILES string of the molecule is CCn1c(CNc2ccc(C)c(Cl)c2)nnc1SCC(=O)Nc1ccccc1. The summed E-state index contributed by atoms with van der Waals surface area (Å²) >= 11 is 7.55. The first-order chi connectivity index (χ1) is 13.6. The summed E-state index contributed by atoms with van der Waals surface area (Å²) in [6.45, 7) is 5.25. The maximum atomic E-state index is 12.1. The molecule has 3 aromatic rings. The highest BCUT2D eigenvalue weighted by atomic mass is 35.5. The molecule has 0 bridgehead atoms. The van der Waals surface area contributed by atoms with Crippen LogP contribution in [0.1, 0.15) is 18.3 Å². The maximum Gasteiger partial charge on any atom is 0.234 e. The molecule has 0 saturated carbocycles. The molecule has 0 spiro atoms. The molecule has 2 N–H and O–H groups in total. The predicted octanol–water partition coefficient (Wildman–Crippen LogP) is 4.60. The molecule has 0 aliphatic carbocycles. The van der Waals surface area contributed by atoms with Crippen molar-refractivity contribution >= 4 is 40.6 Å². The first-order valence-corrected chi connectivity index (χ1v) is 10.3. The van der Waals surface area contributed by atoms with Crippen molar-refractivity contribution in [2.24, 2.45) is 0 Å². The van der Waals surface area contributed by atoms with Crippen LogP contribution in [0.25, 0.3) is 0 Å². The summed E-state index contributed by atoms with van der Waals surface area (Å²) in [5.74, 6) is 1.01. The van der Waals surface area contributed by atoms with Crippen molar-refractivity contribution in [3.63, 3.8) is 0 Å². The van der Waals surface area contributed by atoms with Crippen LogP contribution >= 0.6 is 23.4 Å². The molecule has 0 unspecified atom stereocenters. The molecule has 1 amide bonds. The van der Waals surface area contributed by atoms with Gasteiger partial charge in [0.1, 0.15) is 0 Å². The molecule has 0 atom stereocenters. The summed E-state index contributed by atoms with van der Waals surface area (Å²) in [6.07, 6.45) is 0. The van der Waals surface area contributed by atoms with E-state index in [0.717, 1.165) is 39.5 Å². The van der Waals surface area contributed by atoms with Gasteiger partial charge in [-0.1, -0.05) is 47.6 Å². The molecule has 2 aromatic carbocycles. The van der Waals surface area contributed by atoms with Crippen molar-refractivity contribution in [3.05, 3.63) is 64.9 Å². The molecule has 28 heavy (non-hydrogen) atoms. The lowest BCUT2D eigenvalue weighted by molar-refractivity contribution is -0.113. The van der Waals surface area contributed by atoms with Gasteiger partial charge >= 0.3 is 0 Å². The summed E-state index contributed by atoms with van der Waals surface area (Å²) in [5.41, 5.74) is 2.75. The van der Waals surface area contributed by atoms with Crippen LogP contribution in [0.3, 0.4) is 0 Å². The fraction of sp³-hybridized carbons (Fsp3) is 0.250. The van der Waals surface area contributed by atoms with Crippen LogP contribution in [0.2, 0.25) is 5.02 Å². The minimum atomic E-state index is -0.0733. The van der Waals surface area contributed by atoms with Crippen LogP contribution in [-0.4, -0.2) is 26.4 Å². The lowest BCUT2D eigenvalue weighted by Crippen LogP contribution is -2.15. The zero-order chi connectivity index (χ0) is 19.9. The number of thioether (sulfide) groups is 1. The Labute approximate surface area is 173 Å². The first-order valence-electron chi connectivity index (χ1n) is 8.96. The van der Waals surface area contributed by atoms with Crippen molar-refractivity contribution in [2.75, 3.05) is 16.4 Å². The van der Waals surface area contributed by atoms with E-state index in [-0.39, 0.29) is 11.7 Å². The average molecular weight is 416 g/mol. The number of para-hydroxylation sites is 1. The van der Waals surface area contributed by atoms with Gasteiger partial charge in [-0.05, 0) is 43.7 Å². The van der Waals surface area contributed by atoms with E-state index in [2.05, 4.69) is 20.8 Å². The number of aryl methyl sites for hydroxylation is 1. The quantitative estimate of drug-likeness (QED) is 0.526. The summed E-state index contributed by atoms with van der Waals surface area (Å²) < 4.78 is 2.00. The van der Waals surface area contributed by atoms with E-state index >= 15 is 0 Å². The van der Waals surface area contributed by atoms with Gasteiger partial charge in [-0.3, -0.25) is 4.79 Å². The Balaban J connectivity index is 1.58. The highest BCUT2D eigenvalue weighted by Crippen LogP contribution is 2.21. The van der Waals surface area contributed by atoms with Gasteiger partial charge in [-0.15, -0.1) is 10.2 Å². The monoisotopic (exact) mass is 415 g/mol. The first kappa shape index (κ1) is 20.2. The fourth-order valence-corrected chi connectivity index (χ4v) is 3.61. The highest BCUT2D eigenvalue weighted by Gasteiger charge is 2.13. The van der Waals surface area contributed by atoms with Crippen LogP contribution in [0, 0.1) is 6.92 Å². The van der Waals surface area contributed by atoms with Crippen LogP contribution in [0.15, 0.2) is 53.7 Å². The third-order valence-corrected chi connectivity index (χ3v) is 5.50. The van der Waals surface area contributed by atoms with Gasteiger partial charge in [0.25, 0.3) is 0 Å². The Hall–Kier alpha value is -2.51. The van der Waals surface area contributed by atoms with Gasteiger partial charge in [0.2, 0.25) is 5.91 Å². The van der Waals surface area contributed by atoms with E-state index in [1.807, 2.05) is 66.9 Å². The van der Waals surface area contributed by atoms with Gasteiger partial charge in [0.05, 0.1) is 12.3 Å². The smallest absolute Gasteiger partial charge is 0.234 e. The Morgan fingerprint density at radius 3 is 2.64 bits per heavy atom. The fourth-order valence-electron chi connectivity index (χ4n) is 2.61.